The van der Waals surface area contributed by atoms with Crippen LogP contribution in [0.3, 0.4) is 0 Å². The van der Waals surface area contributed by atoms with Gasteiger partial charge in [-0.05, 0) is 58.8 Å². The molecule has 0 saturated heterocycles. The van der Waals surface area contributed by atoms with Crippen molar-refractivity contribution in [1.82, 2.24) is 20.2 Å². The van der Waals surface area contributed by atoms with Gasteiger partial charge in [0.25, 0.3) is 5.91 Å². The van der Waals surface area contributed by atoms with Crippen LogP contribution >= 0.6 is 0 Å². The Morgan fingerprint density at radius 3 is 2.37 bits per heavy atom. The Morgan fingerprint density at radius 2 is 1.74 bits per heavy atom. The van der Waals surface area contributed by atoms with Crippen molar-refractivity contribution in [2.45, 2.75) is 20.3 Å². The monoisotopic (exact) mass is 364 g/mol. The molecule has 8 nitrogen and oxygen atoms in total. The van der Waals surface area contributed by atoms with E-state index in [0.29, 0.717) is 35.0 Å². The van der Waals surface area contributed by atoms with Gasteiger partial charge in [-0.3, -0.25) is 9.59 Å². The number of aromatic nitrogens is 4. The molecule has 0 spiro atoms. The fraction of sp³-hybridized carbons (Fsp3) is 0.211. The van der Waals surface area contributed by atoms with Gasteiger partial charge in [-0.1, -0.05) is 19.9 Å². The van der Waals surface area contributed by atoms with Crippen LogP contribution in [0, 0.1) is 5.92 Å². The Kier molecular flexibility index (Phi) is 5.55. The van der Waals surface area contributed by atoms with Crippen LogP contribution in [0.25, 0.3) is 5.69 Å². The van der Waals surface area contributed by atoms with Gasteiger partial charge in [0.2, 0.25) is 5.91 Å². The number of nitrogens with one attached hydrogen (secondary N) is 2. The largest absolute Gasteiger partial charge is 0.326 e. The molecule has 0 atom stereocenters. The third kappa shape index (κ3) is 4.97. The number of carbonyl (C=O) groups excluding carboxylic acids is 2. The highest BCUT2D eigenvalue weighted by atomic mass is 16.2. The van der Waals surface area contributed by atoms with Crippen LogP contribution in [0.1, 0.15) is 30.6 Å². The van der Waals surface area contributed by atoms with Crippen molar-refractivity contribution < 1.29 is 9.59 Å². The van der Waals surface area contributed by atoms with E-state index >= 15 is 0 Å². The van der Waals surface area contributed by atoms with Gasteiger partial charge >= 0.3 is 0 Å². The Labute approximate surface area is 156 Å². The van der Waals surface area contributed by atoms with Crippen LogP contribution in [-0.4, -0.2) is 32.0 Å². The van der Waals surface area contributed by atoms with E-state index in [9.17, 15) is 9.59 Å². The van der Waals surface area contributed by atoms with Gasteiger partial charge < -0.3 is 10.6 Å². The van der Waals surface area contributed by atoms with E-state index in [1.165, 1.54) is 11.0 Å². The first-order chi connectivity index (χ1) is 13.0. The quantitative estimate of drug-likeness (QED) is 0.700. The van der Waals surface area contributed by atoms with E-state index in [-0.39, 0.29) is 11.8 Å². The van der Waals surface area contributed by atoms with E-state index in [4.69, 9.17) is 0 Å². The molecule has 2 amide bonds. The molecular formula is C19H20N6O2. The number of hydrogen-bond acceptors (Lipinski definition) is 5. The molecule has 1 heterocycles. The van der Waals surface area contributed by atoms with Gasteiger partial charge in [-0.25, -0.2) is 4.68 Å². The summed E-state index contributed by atoms with van der Waals surface area (Å²) >= 11 is 0. The van der Waals surface area contributed by atoms with E-state index in [1.807, 2.05) is 19.9 Å². The van der Waals surface area contributed by atoms with Crippen molar-refractivity contribution in [3.8, 4) is 5.69 Å². The lowest BCUT2D eigenvalue weighted by Gasteiger charge is -2.09. The summed E-state index contributed by atoms with van der Waals surface area (Å²) in [6, 6.07) is 14.0. The van der Waals surface area contributed by atoms with Crippen molar-refractivity contribution in [2.24, 2.45) is 5.92 Å². The molecule has 0 saturated carbocycles. The minimum atomic E-state index is -0.249. The minimum Gasteiger partial charge on any atom is -0.326 e. The lowest BCUT2D eigenvalue weighted by atomic mass is 10.1. The Hall–Kier alpha value is -3.55. The zero-order chi connectivity index (χ0) is 19.2. The van der Waals surface area contributed by atoms with Gasteiger partial charge in [0.15, 0.2) is 0 Å². The fourth-order valence-electron chi connectivity index (χ4n) is 2.49. The zero-order valence-electron chi connectivity index (χ0n) is 15.1. The molecule has 27 heavy (non-hydrogen) atoms. The molecule has 0 radical (unpaired) electrons. The average molecular weight is 364 g/mol. The predicted molar refractivity (Wildman–Crippen MR) is 102 cm³/mol. The van der Waals surface area contributed by atoms with Crippen molar-refractivity contribution in [3.63, 3.8) is 0 Å². The van der Waals surface area contributed by atoms with E-state index in [1.54, 1.807) is 42.5 Å². The van der Waals surface area contributed by atoms with Crippen molar-refractivity contribution >= 4 is 23.2 Å². The number of rotatable bonds is 6. The number of carbonyl (C=O) groups is 2. The first-order valence-electron chi connectivity index (χ1n) is 8.56. The standard InChI is InChI=1S/C19H20N6O2/c1-13(2)10-18(26)21-15-6-8-16(9-7-15)22-19(27)14-4-3-5-17(11-14)25-12-20-23-24-25/h3-9,11-13H,10H2,1-2H3,(H,21,26)(H,22,27). The molecule has 0 aliphatic heterocycles. The van der Waals surface area contributed by atoms with Crippen LogP contribution in [0.5, 0.6) is 0 Å². The van der Waals surface area contributed by atoms with Crippen LogP contribution in [0.15, 0.2) is 54.9 Å². The molecule has 3 aromatic rings. The SMILES string of the molecule is CC(C)CC(=O)Nc1ccc(NC(=O)c2cccc(-n3cnnn3)c2)cc1. The molecule has 0 bridgehead atoms. The summed E-state index contributed by atoms with van der Waals surface area (Å²) in [7, 11) is 0. The number of benzene rings is 2. The highest BCUT2D eigenvalue weighted by Gasteiger charge is 2.09. The third-order valence-corrected chi connectivity index (χ3v) is 3.74. The van der Waals surface area contributed by atoms with Gasteiger partial charge in [0.1, 0.15) is 6.33 Å². The molecule has 2 aromatic carbocycles. The highest BCUT2D eigenvalue weighted by Crippen LogP contribution is 2.16. The molecule has 0 aliphatic carbocycles. The molecule has 0 aliphatic rings. The van der Waals surface area contributed by atoms with Crippen LogP contribution in [0.2, 0.25) is 0 Å². The topological polar surface area (TPSA) is 102 Å². The minimum absolute atomic E-state index is 0.0267. The second-order valence-electron chi connectivity index (χ2n) is 6.48. The second kappa shape index (κ2) is 8.22. The van der Waals surface area contributed by atoms with Crippen molar-refractivity contribution in [3.05, 3.63) is 60.4 Å². The number of nitrogens with zero attached hydrogens (tertiary/aromatic N) is 4. The molecule has 0 fully saturated rings. The average Bonchev–Trinajstić information content (AvgIpc) is 3.17. The van der Waals surface area contributed by atoms with Crippen molar-refractivity contribution in [1.29, 1.82) is 0 Å². The summed E-state index contributed by atoms with van der Waals surface area (Å²) < 4.78 is 1.48. The van der Waals surface area contributed by atoms with E-state index in [2.05, 4.69) is 26.2 Å². The van der Waals surface area contributed by atoms with Crippen LogP contribution < -0.4 is 10.6 Å². The lowest BCUT2D eigenvalue weighted by molar-refractivity contribution is -0.116. The maximum Gasteiger partial charge on any atom is 0.255 e. The summed E-state index contributed by atoms with van der Waals surface area (Å²) in [4.78, 5) is 24.3. The number of hydrogen-bond donors (Lipinski definition) is 2. The first kappa shape index (κ1) is 18.2. The predicted octanol–water partition coefficient (Wildman–Crippen LogP) is 2.90. The fourth-order valence-corrected chi connectivity index (χ4v) is 2.49. The molecule has 2 N–H and O–H groups in total. The summed E-state index contributed by atoms with van der Waals surface area (Å²) in [5, 5.41) is 16.7. The van der Waals surface area contributed by atoms with E-state index < -0.39 is 0 Å². The summed E-state index contributed by atoms with van der Waals surface area (Å²) in [5.74, 6) is 0.0235. The molecule has 8 heteroatoms. The van der Waals surface area contributed by atoms with Crippen molar-refractivity contribution in [2.75, 3.05) is 10.6 Å². The Balaban J connectivity index is 1.64. The molecular weight excluding hydrogens is 344 g/mol. The summed E-state index contributed by atoms with van der Waals surface area (Å²) in [6.07, 6.45) is 1.93. The zero-order valence-corrected chi connectivity index (χ0v) is 15.1. The third-order valence-electron chi connectivity index (χ3n) is 3.74. The van der Waals surface area contributed by atoms with Gasteiger partial charge in [0, 0.05) is 23.4 Å². The maximum atomic E-state index is 12.5. The molecule has 3 rings (SSSR count). The second-order valence-corrected chi connectivity index (χ2v) is 6.48. The number of amides is 2. The van der Waals surface area contributed by atoms with Crippen LogP contribution in [0.4, 0.5) is 11.4 Å². The smallest absolute Gasteiger partial charge is 0.255 e. The molecule has 138 valence electrons. The van der Waals surface area contributed by atoms with Gasteiger partial charge in [0.05, 0.1) is 5.69 Å². The number of tetrazole rings is 1. The Morgan fingerprint density at radius 1 is 1.04 bits per heavy atom. The van der Waals surface area contributed by atoms with Gasteiger partial charge in [-0.2, -0.15) is 0 Å². The highest BCUT2D eigenvalue weighted by molar-refractivity contribution is 6.04. The number of anilines is 2. The van der Waals surface area contributed by atoms with Gasteiger partial charge in [-0.15, -0.1) is 5.10 Å². The lowest BCUT2D eigenvalue weighted by Crippen LogP contribution is -2.14. The Bertz CT molecular complexity index is 920. The van der Waals surface area contributed by atoms with E-state index in [0.717, 1.165) is 0 Å². The maximum absolute atomic E-state index is 12.5. The van der Waals surface area contributed by atoms with Crippen LogP contribution in [-0.2, 0) is 4.79 Å². The first-order valence-corrected chi connectivity index (χ1v) is 8.56. The summed E-state index contributed by atoms with van der Waals surface area (Å²) in [5.41, 5.74) is 2.50. The summed E-state index contributed by atoms with van der Waals surface area (Å²) in [6.45, 7) is 3.99. The normalized spacial score (nSPS) is 10.6. The molecule has 0 unspecified atom stereocenters. The molecule has 1 aromatic heterocycles.